The summed E-state index contributed by atoms with van der Waals surface area (Å²) in [5.74, 6) is 5.46. The molecule has 0 aliphatic rings. The largest absolute Gasteiger partial charge is 0.271 e. The second kappa shape index (κ2) is 5.51. The summed E-state index contributed by atoms with van der Waals surface area (Å²) < 4.78 is 13.2. The summed E-state index contributed by atoms with van der Waals surface area (Å²) in [6.07, 6.45) is 0. The SMILES string of the molecule is Cc1ccc(C(NN)c2ccc(F)cc2C)cc1C. The maximum atomic E-state index is 13.2. The lowest BCUT2D eigenvalue weighted by molar-refractivity contribution is 0.611. The number of nitrogens with one attached hydrogen (secondary N) is 1. The van der Waals surface area contributed by atoms with Gasteiger partial charge < -0.3 is 0 Å². The average molecular weight is 258 g/mol. The predicted molar refractivity (Wildman–Crippen MR) is 76.2 cm³/mol. The fourth-order valence-corrected chi connectivity index (χ4v) is 2.27. The summed E-state index contributed by atoms with van der Waals surface area (Å²) in [4.78, 5) is 0. The van der Waals surface area contributed by atoms with E-state index in [1.165, 1.54) is 23.3 Å². The Morgan fingerprint density at radius 3 is 2.26 bits per heavy atom. The third-order valence-corrected chi connectivity index (χ3v) is 3.57. The maximum Gasteiger partial charge on any atom is 0.123 e. The first-order chi connectivity index (χ1) is 9.02. The Hall–Kier alpha value is -1.71. The number of hydrazine groups is 1. The summed E-state index contributed by atoms with van der Waals surface area (Å²) in [5, 5.41) is 0. The zero-order valence-corrected chi connectivity index (χ0v) is 11.5. The first kappa shape index (κ1) is 13.7. The van der Waals surface area contributed by atoms with Crippen LogP contribution in [-0.2, 0) is 0 Å². The number of benzene rings is 2. The van der Waals surface area contributed by atoms with Crippen LogP contribution in [0, 0.1) is 26.6 Å². The molecule has 2 aromatic carbocycles. The van der Waals surface area contributed by atoms with Crippen LogP contribution in [0.25, 0.3) is 0 Å². The Balaban J connectivity index is 2.46. The number of nitrogens with two attached hydrogens (primary N) is 1. The van der Waals surface area contributed by atoms with Gasteiger partial charge in [-0.25, -0.2) is 9.82 Å². The van der Waals surface area contributed by atoms with Gasteiger partial charge in [0, 0.05) is 0 Å². The van der Waals surface area contributed by atoms with Crippen molar-refractivity contribution in [2.75, 3.05) is 0 Å². The average Bonchev–Trinajstić information content (AvgIpc) is 2.37. The lowest BCUT2D eigenvalue weighted by atomic mass is 9.93. The fraction of sp³-hybridized carbons (Fsp3) is 0.250. The summed E-state index contributed by atoms with van der Waals surface area (Å²) in [7, 11) is 0. The van der Waals surface area contributed by atoms with Gasteiger partial charge in [-0.2, -0.15) is 0 Å². The standard InChI is InChI=1S/C16H19FN2/c1-10-4-5-13(8-11(10)2)16(19-18)15-7-6-14(17)9-12(15)3/h4-9,16,19H,18H2,1-3H3. The van der Waals surface area contributed by atoms with Crippen LogP contribution in [0.1, 0.15) is 33.9 Å². The molecule has 3 N–H and O–H groups in total. The van der Waals surface area contributed by atoms with Gasteiger partial charge in [-0.15, -0.1) is 0 Å². The summed E-state index contributed by atoms with van der Waals surface area (Å²) in [5.41, 5.74) is 8.25. The molecule has 100 valence electrons. The van der Waals surface area contributed by atoms with Crippen molar-refractivity contribution < 1.29 is 4.39 Å². The van der Waals surface area contributed by atoms with Crippen molar-refractivity contribution in [3.63, 3.8) is 0 Å². The van der Waals surface area contributed by atoms with E-state index in [9.17, 15) is 4.39 Å². The van der Waals surface area contributed by atoms with Crippen molar-refractivity contribution in [1.82, 2.24) is 5.43 Å². The molecular weight excluding hydrogens is 239 g/mol. The molecule has 0 spiro atoms. The van der Waals surface area contributed by atoms with Gasteiger partial charge >= 0.3 is 0 Å². The van der Waals surface area contributed by atoms with Crippen LogP contribution in [-0.4, -0.2) is 0 Å². The van der Waals surface area contributed by atoms with Gasteiger partial charge in [-0.05, 0) is 60.7 Å². The van der Waals surface area contributed by atoms with Gasteiger partial charge in [0.15, 0.2) is 0 Å². The molecule has 19 heavy (non-hydrogen) atoms. The van der Waals surface area contributed by atoms with Crippen LogP contribution in [0.5, 0.6) is 0 Å². The molecule has 0 radical (unpaired) electrons. The molecule has 0 heterocycles. The smallest absolute Gasteiger partial charge is 0.123 e. The topological polar surface area (TPSA) is 38.0 Å². The lowest BCUT2D eigenvalue weighted by Gasteiger charge is -2.20. The van der Waals surface area contributed by atoms with Gasteiger partial charge in [-0.3, -0.25) is 5.84 Å². The Morgan fingerprint density at radius 2 is 1.68 bits per heavy atom. The number of hydrogen-bond donors (Lipinski definition) is 2. The molecular formula is C16H19FN2. The molecule has 1 unspecified atom stereocenters. The molecule has 3 heteroatoms. The Bertz CT molecular complexity index is 593. The molecule has 0 aliphatic heterocycles. The van der Waals surface area contributed by atoms with E-state index >= 15 is 0 Å². The van der Waals surface area contributed by atoms with Crippen LogP contribution in [0.2, 0.25) is 0 Å². The van der Waals surface area contributed by atoms with Crippen molar-refractivity contribution in [3.05, 3.63) is 70.0 Å². The molecule has 1 atom stereocenters. The minimum Gasteiger partial charge on any atom is -0.271 e. The van der Waals surface area contributed by atoms with Crippen molar-refractivity contribution >= 4 is 0 Å². The van der Waals surface area contributed by atoms with E-state index in [1.54, 1.807) is 6.07 Å². The third kappa shape index (κ3) is 2.83. The predicted octanol–water partition coefficient (Wildman–Crippen LogP) is 3.30. The minimum atomic E-state index is -0.225. The molecule has 0 saturated carbocycles. The van der Waals surface area contributed by atoms with E-state index in [1.807, 2.05) is 6.92 Å². The Labute approximate surface area is 113 Å². The molecule has 0 amide bonds. The Kier molecular flexibility index (Phi) is 3.98. The highest BCUT2D eigenvalue weighted by Gasteiger charge is 2.15. The highest BCUT2D eigenvalue weighted by molar-refractivity contribution is 5.40. The summed E-state index contributed by atoms with van der Waals surface area (Å²) >= 11 is 0. The van der Waals surface area contributed by atoms with Gasteiger partial charge in [0.1, 0.15) is 5.82 Å². The van der Waals surface area contributed by atoms with Gasteiger partial charge in [-0.1, -0.05) is 24.3 Å². The minimum absolute atomic E-state index is 0.125. The number of aryl methyl sites for hydroxylation is 3. The van der Waals surface area contributed by atoms with Gasteiger partial charge in [0.25, 0.3) is 0 Å². The maximum absolute atomic E-state index is 13.2. The number of rotatable bonds is 3. The second-order valence-corrected chi connectivity index (χ2v) is 4.94. The van der Waals surface area contributed by atoms with E-state index in [0.717, 1.165) is 16.7 Å². The van der Waals surface area contributed by atoms with Crippen LogP contribution in [0.3, 0.4) is 0 Å². The second-order valence-electron chi connectivity index (χ2n) is 4.94. The number of hydrogen-bond acceptors (Lipinski definition) is 2. The highest BCUT2D eigenvalue weighted by Crippen LogP contribution is 2.26. The molecule has 0 saturated heterocycles. The normalized spacial score (nSPS) is 12.5. The molecule has 0 bridgehead atoms. The summed E-state index contributed by atoms with van der Waals surface area (Å²) in [6, 6.07) is 10.9. The van der Waals surface area contributed by atoms with Crippen molar-refractivity contribution in [2.45, 2.75) is 26.8 Å². The van der Waals surface area contributed by atoms with E-state index in [-0.39, 0.29) is 11.9 Å². The molecule has 2 rings (SSSR count). The zero-order valence-electron chi connectivity index (χ0n) is 11.5. The van der Waals surface area contributed by atoms with E-state index in [2.05, 4.69) is 37.5 Å². The van der Waals surface area contributed by atoms with Crippen molar-refractivity contribution in [2.24, 2.45) is 5.84 Å². The summed E-state index contributed by atoms with van der Waals surface area (Å²) in [6.45, 7) is 6.04. The van der Waals surface area contributed by atoms with Crippen LogP contribution in [0.15, 0.2) is 36.4 Å². The van der Waals surface area contributed by atoms with Crippen LogP contribution < -0.4 is 11.3 Å². The lowest BCUT2D eigenvalue weighted by Crippen LogP contribution is -2.29. The molecule has 0 aliphatic carbocycles. The number of halogens is 1. The van der Waals surface area contributed by atoms with E-state index in [0.29, 0.717) is 0 Å². The molecule has 2 nitrogen and oxygen atoms in total. The van der Waals surface area contributed by atoms with Gasteiger partial charge in [0.2, 0.25) is 0 Å². The van der Waals surface area contributed by atoms with E-state index < -0.39 is 0 Å². The Morgan fingerprint density at radius 1 is 0.947 bits per heavy atom. The quantitative estimate of drug-likeness (QED) is 0.655. The van der Waals surface area contributed by atoms with Crippen LogP contribution in [0.4, 0.5) is 4.39 Å². The van der Waals surface area contributed by atoms with E-state index in [4.69, 9.17) is 5.84 Å². The van der Waals surface area contributed by atoms with Gasteiger partial charge in [0.05, 0.1) is 6.04 Å². The molecule has 2 aromatic rings. The van der Waals surface area contributed by atoms with Crippen molar-refractivity contribution in [3.8, 4) is 0 Å². The first-order valence-electron chi connectivity index (χ1n) is 6.32. The van der Waals surface area contributed by atoms with Crippen LogP contribution >= 0.6 is 0 Å². The van der Waals surface area contributed by atoms with Crippen molar-refractivity contribution in [1.29, 1.82) is 0 Å². The molecule has 0 aromatic heterocycles. The third-order valence-electron chi connectivity index (χ3n) is 3.57. The monoisotopic (exact) mass is 258 g/mol. The highest BCUT2D eigenvalue weighted by atomic mass is 19.1. The zero-order chi connectivity index (χ0) is 14.0. The molecule has 0 fully saturated rings. The first-order valence-corrected chi connectivity index (χ1v) is 6.32. The fourth-order valence-electron chi connectivity index (χ4n) is 2.27.